The van der Waals surface area contributed by atoms with E-state index in [1.165, 1.54) is 0 Å². The van der Waals surface area contributed by atoms with E-state index >= 15 is 0 Å². The summed E-state index contributed by atoms with van der Waals surface area (Å²) in [5.74, 6) is 1.20. The average Bonchev–Trinajstić information content (AvgIpc) is 3.20. The second-order valence-electron chi connectivity index (χ2n) is 7.96. The molecule has 2 amide bonds. The maximum atomic E-state index is 13.0. The lowest BCUT2D eigenvalue weighted by Crippen LogP contribution is -2.37. The smallest absolute Gasteiger partial charge is 0.276 e. The van der Waals surface area contributed by atoms with Crippen molar-refractivity contribution in [2.24, 2.45) is 0 Å². The molecular formula is C25H26ClN3O4. The first-order chi connectivity index (χ1) is 16.0. The summed E-state index contributed by atoms with van der Waals surface area (Å²) in [6.07, 6.45) is 1.83. The minimum absolute atomic E-state index is 0.102. The molecule has 1 aromatic heterocycles. The molecule has 33 heavy (non-hydrogen) atoms. The number of halogens is 1. The maximum Gasteiger partial charge on any atom is 0.276 e. The highest BCUT2D eigenvalue weighted by atomic mass is 35.5. The second kappa shape index (κ2) is 10.5. The van der Waals surface area contributed by atoms with Crippen LogP contribution in [-0.4, -0.2) is 60.1 Å². The summed E-state index contributed by atoms with van der Waals surface area (Å²) < 4.78 is 10.5. The molecule has 1 aliphatic rings. The summed E-state index contributed by atoms with van der Waals surface area (Å²) in [7, 11) is 1.63. The molecule has 1 saturated heterocycles. The van der Waals surface area contributed by atoms with Crippen molar-refractivity contribution < 1.29 is 18.8 Å². The highest BCUT2D eigenvalue weighted by Gasteiger charge is 2.25. The Morgan fingerprint density at radius 2 is 1.79 bits per heavy atom. The SMILES string of the molecule is COc1ccc(CCC(=O)N2CCCN(C(=O)c3cc(-c4cccc(Cl)c4)on3)CC2)cc1. The van der Waals surface area contributed by atoms with Gasteiger partial charge in [-0.05, 0) is 42.7 Å². The van der Waals surface area contributed by atoms with Crippen molar-refractivity contribution in [1.29, 1.82) is 0 Å². The molecule has 0 aliphatic carbocycles. The van der Waals surface area contributed by atoms with Crippen LogP contribution in [0.4, 0.5) is 0 Å². The third-order valence-electron chi connectivity index (χ3n) is 5.76. The molecule has 0 saturated carbocycles. The number of carbonyl (C=O) groups excluding carboxylic acids is 2. The van der Waals surface area contributed by atoms with Crippen LogP contribution in [0.1, 0.15) is 28.9 Å². The van der Waals surface area contributed by atoms with Gasteiger partial charge < -0.3 is 19.1 Å². The Hall–Kier alpha value is -3.32. The number of benzene rings is 2. The number of hydrogen-bond donors (Lipinski definition) is 0. The third kappa shape index (κ3) is 5.73. The quantitative estimate of drug-likeness (QED) is 0.540. The fourth-order valence-electron chi connectivity index (χ4n) is 3.89. The zero-order valence-corrected chi connectivity index (χ0v) is 19.3. The standard InChI is InChI=1S/C25H26ClN3O4/c1-32-21-9-6-18(7-10-21)8-11-24(30)28-12-3-13-29(15-14-28)25(31)22-17-23(33-27-22)19-4-2-5-20(26)16-19/h2,4-7,9-10,16-17H,3,8,11-15H2,1H3. The van der Waals surface area contributed by atoms with Crippen LogP contribution in [0.3, 0.4) is 0 Å². The molecule has 0 N–H and O–H groups in total. The summed E-state index contributed by atoms with van der Waals surface area (Å²) in [6.45, 7) is 2.18. The van der Waals surface area contributed by atoms with Gasteiger partial charge in [-0.3, -0.25) is 9.59 Å². The van der Waals surface area contributed by atoms with E-state index in [4.69, 9.17) is 20.9 Å². The number of hydrogen-bond acceptors (Lipinski definition) is 5. The number of amides is 2. The molecule has 1 aliphatic heterocycles. The zero-order valence-electron chi connectivity index (χ0n) is 18.5. The van der Waals surface area contributed by atoms with Gasteiger partial charge in [0.25, 0.3) is 5.91 Å². The van der Waals surface area contributed by atoms with Gasteiger partial charge in [-0.15, -0.1) is 0 Å². The van der Waals surface area contributed by atoms with Gasteiger partial charge in [-0.25, -0.2) is 0 Å². The van der Waals surface area contributed by atoms with Crippen LogP contribution < -0.4 is 4.74 Å². The highest BCUT2D eigenvalue weighted by Crippen LogP contribution is 2.24. The van der Waals surface area contributed by atoms with E-state index in [1.807, 2.05) is 41.3 Å². The van der Waals surface area contributed by atoms with Crippen molar-refractivity contribution in [3.63, 3.8) is 0 Å². The minimum Gasteiger partial charge on any atom is -0.497 e. The Balaban J connectivity index is 1.32. The Kier molecular flexibility index (Phi) is 7.29. The molecule has 3 aromatic rings. The second-order valence-corrected chi connectivity index (χ2v) is 8.40. The Morgan fingerprint density at radius 3 is 2.55 bits per heavy atom. The lowest BCUT2D eigenvalue weighted by atomic mass is 10.1. The first-order valence-electron chi connectivity index (χ1n) is 11.0. The van der Waals surface area contributed by atoms with Crippen LogP contribution in [0.2, 0.25) is 5.02 Å². The molecule has 8 heteroatoms. The van der Waals surface area contributed by atoms with Gasteiger partial charge in [-0.2, -0.15) is 0 Å². The van der Waals surface area contributed by atoms with Gasteiger partial charge in [0.2, 0.25) is 5.91 Å². The molecule has 4 rings (SSSR count). The molecule has 7 nitrogen and oxygen atoms in total. The molecular weight excluding hydrogens is 442 g/mol. The molecule has 2 aromatic carbocycles. The van der Waals surface area contributed by atoms with Crippen LogP contribution >= 0.6 is 11.6 Å². The van der Waals surface area contributed by atoms with E-state index in [-0.39, 0.29) is 17.5 Å². The molecule has 0 radical (unpaired) electrons. The van der Waals surface area contributed by atoms with Crippen molar-refractivity contribution in [2.45, 2.75) is 19.3 Å². The molecule has 172 valence electrons. The summed E-state index contributed by atoms with van der Waals surface area (Å²) >= 11 is 6.04. The number of nitrogens with zero attached hydrogens (tertiary/aromatic N) is 3. The van der Waals surface area contributed by atoms with E-state index in [0.717, 1.165) is 23.3 Å². The minimum atomic E-state index is -0.195. The lowest BCUT2D eigenvalue weighted by molar-refractivity contribution is -0.131. The van der Waals surface area contributed by atoms with Gasteiger partial charge in [0.1, 0.15) is 5.75 Å². The van der Waals surface area contributed by atoms with Crippen LogP contribution in [0.25, 0.3) is 11.3 Å². The number of ether oxygens (including phenoxy) is 1. The molecule has 2 heterocycles. The predicted molar refractivity (Wildman–Crippen MR) is 125 cm³/mol. The molecule has 0 unspecified atom stereocenters. The first kappa shape index (κ1) is 22.9. The number of carbonyl (C=O) groups is 2. The van der Waals surface area contributed by atoms with Gasteiger partial charge in [0.15, 0.2) is 11.5 Å². The monoisotopic (exact) mass is 467 g/mol. The third-order valence-corrected chi connectivity index (χ3v) is 6.00. The lowest BCUT2D eigenvalue weighted by Gasteiger charge is -2.21. The topological polar surface area (TPSA) is 75.9 Å². The van der Waals surface area contributed by atoms with E-state index in [9.17, 15) is 9.59 Å². The number of aromatic nitrogens is 1. The van der Waals surface area contributed by atoms with Crippen molar-refractivity contribution in [1.82, 2.24) is 15.0 Å². The van der Waals surface area contributed by atoms with Crippen LogP contribution in [-0.2, 0) is 11.2 Å². The van der Waals surface area contributed by atoms with Crippen LogP contribution in [0.5, 0.6) is 5.75 Å². The number of aryl methyl sites for hydroxylation is 1. The average molecular weight is 468 g/mol. The highest BCUT2D eigenvalue weighted by molar-refractivity contribution is 6.30. The Bertz CT molecular complexity index is 1110. The number of rotatable bonds is 6. The van der Waals surface area contributed by atoms with Crippen LogP contribution in [0.15, 0.2) is 59.1 Å². The van der Waals surface area contributed by atoms with E-state index in [2.05, 4.69) is 5.16 Å². The molecule has 0 bridgehead atoms. The predicted octanol–water partition coefficient (Wildman–Crippen LogP) is 4.31. The molecule has 1 fully saturated rings. The van der Waals surface area contributed by atoms with Gasteiger partial charge in [0, 0.05) is 49.3 Å². The molecule has 0 spiro atoms. The number of methoxy groups -OCH3 is 1. The fourth-order valence-corrected chi connectivity index (χ4v) is 4.08. The largest absolute Gasteiger partial charge is 0.497 e. The fraction of sp³-hybridized carbons (Fsp3) is 0.320. The van der Waals surface area contributed by atoms with Gasteiger partial charge in [0.05, 0.1) is 7.11 Å². The summed E-state index contributed by atoms with van der Waals surface area (Å²) in [6, 6.07) is 16.6. The first-order valence-corrected chi connectivity index (χ1v) is 11.3. The van der Waals surface area contributed by atoms with Crippen molar-refractivity contribution in [3.8, 4) is 17.1 Å². The summed E-state index contributed by atoms with van der Waals surface area (Å²) in [5, 5.41) is 4.54. The van der Waals surface area contributed by atoms with Crippen molar-refractivity contribution in [3.05, 3.63) is 70.9 Å². The Labute approximate surface area is 197 Å². The Morgan fingerprint density at radius 1 is 1.03 bits per heavy atom. The van der Waals surface area contributed by atoms with E-state index in [0.29, 0.717) is 49.8 Å². The van der Waals surface area contributed by atoms with Gasteiger partial charge in [-0.1, -0.05) is 41.0 Å². The van der Waals surface area contributed by atoms with Crippen molar-refractivity contribution >= 4 is 23.4 Å². The normalized spacial score (nSPS) is 14.1. The van der Waals surface area contributed by atoms with Crippen molar-refractivity contribution in [2.75, 3.05) is 33.3 Å². The summed E-state index contributed by atoms with van der Waals surface area (Å²) in [4.78, 5) is 29.3. The molecule has 0 atom stereocenters. The summed E-state index contributed by atoms with van der Waals surface area (Å²) in [5.41, 5.74) is 2.11. The van der Waals surface area contributed by atoms with E-state index < -0.39 is 0 Å². The maximum absolute atomic E-state index is 13.0. The van der Waals surface area contributed by atoms with Crippen LogP contribution in [0, 0.1) is 0 Å². The zero-order chi connectivity index (χ0) is 23.2. The van der Waals surface area contributed by atoms with Gasteiger partial charge >= 0.3 is 0 Å². The van der Waals surface area contributed by atoms with E-state index in [1.54, 1.807) is 30.2 Å².